The molecule has 0 saturated carbocycles. The van der Waals surface area contributed by atoms with E-state index in [9.17, 15) is 22.5 Å². The number of aromatic nitrogens is 3. The Labute approximate surface area is 277 Å². The summed E-state index contributed by atoms with van der Waals surface area (Å²) < 4.78 is 76.2. The zero-order chi connectivity index (χ0) is 34.1. The minimum absolute atomic E-state index is 0.0211. The molecule has 5 rings (SSSR count). The molecular formula is C29H29ClF2N5O8S2+. The van der Waals surface area contributed by atoms with Gasteiger partial charge in [-0.15, -0.1) is 15.6 Å². The van der Waals surface area contributed by atoms with E-state index in [4.69, 9.17) is 30.6 Å². The molecule has 3 heterocycles. The first-order chi connectivity index (χ1) is 22.2. The van der Waals surface area contributed by atoms with Crippen molar-refractivity contribution in [3.63, 3.8) is 0 Å². The second kappa shape index (κ2) is 13.5. The van der Waals surface area contributed by atoms with Gasteiger partial charge in [-0.3, -0.25) is 0 Å². The van der Waals surface area contributed by atoms with E-state index in [2.05, 4.69) is 10.1 Å². The molecule has 1 saturated heterocycles. The first-order valence-corrected chi connectivity index (χ1v) is 16.8. The summed E-state index contributed by atoms with van der Waals surface area (Å²) in [6.45, 7) is 5.09. The van der Waals surface area contributed by atoms with Crippen molar-refractivity contribution in [1.29, 1.82) is 0 Å². The molecule has 0 bridgehead atoms. The average molecular weight is 713 g/mol. The molecule has 47 heavy (non-hydrogen) atoms. The standard InChI is InChI=1S/C29H29ClF2N5O8S2/c1-29(2,3)45-28(38)36(25-15-46-16-33-25)47(40,41)24-12-20(30)23(13-21(24)32)44-22-9-8-17(31)11-18(22)19-14-35(26-7-5-6-10-43-26)34-27(19)37(39)42-4/h8-9,11-16,26H,5-7,10H2,1-4H3/q+1. The van der Waals surface area contributed by atoms with E-state index >= 15 is 4.39 Å². The fraction of sp³-hybridized carbons (Fsp3) is 0.345. The summed E-state index contributed by atoms with van der Waals surface area (Å²) in [7, 11) is -3.83. The fourth-order valence-electron chi connectivity index (χ4n) is 4.60. The number of carbonyl (C=O) groups is 1. The molecule has 1 unspecified atom stereocenters. The molecule has 0 spiro atoms. The Morgan fingerprint density at radius 2 is 1.94 bits per heavy atom. The second-order valence-electron chi connectivity index (χ2n) is 11.2. The van der Waals surface area contributed by atoms with Crippen LogP contribution in [0.1, 0.15) is 46.3 Å². The minimum atomic E-state index is -4.96. The lowest BCUT2D eigenvalue weighted by molar-refractivity contribution is -0.738. The third kappa shape index (κ3) is 7.37. The number of halogens is 3. The van der Waals surface area contributed by atoms with Gasteiger partial charge in [0, 0.05) is 23.6 Å². The third-order valence-electron chi connectivity index (χ3n) is 6.64. The molecule has 2 aromatic heterocycles. The van der Waals surface area contributed by atoms with E-state index in [0.29, 0.717) is 19.1 Å². The number of hydrogen-bond acceptors (Lipinski definition) is 11. The van der Waals surface area contributed by atoms with Crippen LogP contribution in [0.15, 0.2) is 52.3 Å². The number of anilines is 1. The van der Waals surface area contributed by atoms with Crippen LogP contribution in [0.5, 0.6) is 11.5 Å². The van der Waals surface area contributed by atoms with E-state index in [1.807, 2.05) is 0 Å². The molecule has 1 amide bonds. The van der Waals surface area contributed by atoms with Crippen molar-refractivity contribution >= 4 is 50.7 Å². The molecule has 1 aliphatic rings. The number of hydrogen-bond donors (Lipinski definition) is 0. The largest absolute Gasteiger partial charge is 0.455 e. The topological polar surface area (TPSA) is 142 Å². The summed E-state index contributed by atoms with van der Waals surface area (Å²) >= 11 is 7.43. The lowest BCUT2D eigenvalue weighted by Crippen LogP contribution is -2.41. The maximum Gasteiger partial charge on any atom is 0.442 e. The first kappa shape index (κ1) is 34.2. The van der Waals surface area contributed by atoms with E-state index in [-0.39, 0.29) is 48.5 Å². The molecule has 250 valence electrons. The maximum absolute atomic E-state index is 15.7. The Morgan fingerprint density at radius 3 is 2.57 bits per heavy atom. The average Bonchev–Trinajstić information content (AvgIpc) is 3.69. The molecule has 1 atom stereocenters. The monoisotopic (exact) mass is 712 g/mol. The second-order valence-corrected chi connectivity index (χ2v) is 14.0. The number of amides is 1. The molecule has 0 aliphatic carbocycles. The highest BCUT2D eigenvalue weighted by Crippen LogP contribution is 2.42. The van der Waals surface area contributed by atoms with Gasteiger partial charge in [-0.05, 0) is 69.2 Å². The van der Waals surface area contributed by atoms with Crippen molar-refractivity contribution in [3.8, 4) is 22.6 Å². The Morgan fingerprint density at radius 1 is 1.17 bits per heavy atom. The normalized spacial score (nSPS) is 15.3. The van der Waals surface area contributed by atoms with Crippen LogP contribution in [-0.4, -0.2) is 53.5 Å². The van der Waals surface area contributed by atoms with Gasteiger partial charge in [0.1, 0.15) is 46.3 Å². The van der Waals surface area contributed by atoms with E-state index in [0.717, 1.165) is 49.5 Å². The summed E-state index contributed by atoms with van der Waals surface area (Å²) in [5.41, 5.74) is 0.317. The fourth-order valence-corrected chi connectivity index (χ4v) is 6.80. The smallest absolute Gasteiger partial charge is 0.442 e. The highest BCUT2D eigenvalue weighted by atomic mass is 35.5. The molecule has 1 aliphatic heterocycles. The predicted molar refractivity (Wildman–Crippen MR) is 166 cm³/mol. The number of ether oxygens (including phenoxy) is 3. The van der Waals surface area contributed by atoms with Gasteiger partial charge in [-0.1, -0.05) is 11.6 Å². The Kier molecular flexibility index (Phi) is 9.81. The van der Waals surface area contributed by atoms with Crippen LogP contribution < -0.4 is 9.04 Å². The van der Waals surface area contributed by atoms with Crippen LogP contribution >= 0.6 is 22.9 Å². The van der Waals surface area contributed by atoms with Crippen LogP contribution in [0.2, 0.25) is 5.02 Å². The summed E-state index contributed by atoms with van der Waals surface area (Å²) in [5.74, 6) is -3.02. The summed E-state index contributed by atoms with van der Waals surface area (Å²) in [5, 5.41) is 5.20. The number of nitrogens with zero attached hydrogens (tertiary/aromatic N) is 5. The van der Waals surface area contributed by atoms with Gasteiger partial charge in [0.05, 0.1) is 21.8 Å². The molecular weight excluding hydrogens is 684 g/mol. The van der Waals surface area contributed by atoms with Crippen molar-refractivity contribution in [2.24, 2.45) is 0 Å². The molecule has 18 heteroatoms. The molecule has 1 fully saturated rings. The SMILES string of the molecule is CO[N+](=O)c1nn(C2CCCCO2)cc1-c1cc(F)ccc1Oc1cc(F)c(S(=O)(=O)N(C(=O)OC(C)(C)C)c2cscn2)cc1Cl. The lowest BCUT2D eigenvalue weighted by Gasteiger charge is -2.26. The van der Waals surface area contributed by atoms with Crippen molar-refractivity contribution in [2.75, 3.05) is 18.0 Å². The van der Waals surface area contributed by atoms with Crippen molar-refractivity contribution in [3.05, 3.63) is 69.0 Å². The molecule has 2 aromatic carbocycles. The molecule has 0 radical (unpaired) electrons. The molecule has 4 aromatic rings. The Balaban J connectivity index is 1.54. The predicted octanol–water partition coefficient (Wildman–Crippen LogP) is 7.53. The van der Waals surface area contributed by atoms with Gasteiger partial charge in [0.15, 0.2) is 17.0 Å². The summed E-state index contributed by atoms with van der Waals surface area (Å²) in [4.78, 5) is 33.5. The zero-order valence-electron chi connectivity index (χ0n) is 25.5. The van der Waals surface area contributed by atoms with E-state index < -0.39 is 44.5 Å². The van der Waals surface area contributed by atoms with Gasteiger partial charge >= 0.3 is 11.9 Å². The lowest BCUT2D eigenvalue weighted by atomic mass is 10.1. The Hall–Kier alpha value is -4.19. The quantitative estimate of drug-likeness (QED) is 0.160. The third-order valence-corrected chi connectivity index (χ3v) is 9.20. The van der Waals surface area contributed by atoms with Crippen LogP contribution in [0.3, 0.4) is 0 Å². The summed E-state index contributed by atoms with van der Waals surface area (Å²) in [6.07, 6.45) is 2.03. The zero-order valence-corrected chi connectivity index (χ0v) is 27.9. The van der Waals surface area contributed by atoms with Crippen molar-refractivity contribution < 1.29 is 46.0 Å². The number of sulfonamides is 1. The minimum Gasteiger partial charge on any atom is -0.455 e. The summed E-state index contributed by atoms with van der Waals surface area (Å²) in [6, 6.07) is 4.82. The highest BCUT2D eigenvalue weighted by Gasteiger charge is 2.39. The molecule has 13 nitrogen and oxygen atoms in total. The van der Waals surface area contributed by atoms with Crippen LogP contribution in [-0.2, 0) is 24.3 Å². The number of benzene rings is 2. The first-order valence-electron chi connectivity index (χ1n) is 14.0. The van der Waals surface area contributed by atoms with Gasteiger partial charge < -0.3 is 19.0 Å². The van der Waals surface area contributed by atoms with E-state index in [1.54, 1.807) is 0 Å². The number of rotatable bonds is 9. The van der Waals surface area contributed by atoms with Gasteiger partial charge in [0.2, 0.25) is 0 Å². The maximum atomic E-state index is 15.7. The highest BCUT2D eigenvalue weighted by molar-refractivity contribution is 7.93. The van der Waals surface area contributed by atoms with Gasteiger partial charge in [-0.25, -0.2) is 27.0 Å². The van der Waals surface area contributed by atoms with Crippen LogP contribution in [0, 0.1) is 16.5 Å². The van der Waals surface area contributed by atoms with Crippen LogP contribution in [0.4, 0.5) is 25.2 Å². The van der Waals surface area contributed by atoms with Gasteiger partial charge in [-0.2, -0.15) is 4.68 Å². The van der Waals surface area contributed by atoms with Crippen molar-refractivity contribution in [2.45, 2.75) is 56.8 Å². The van der Waals surface area contributed by atoms with Crippen molar-refractivity contribution in [1.82, 2.24) is 14.8 Å². The van der Waals surface area contributed by atoms with E-state index in [1.165, 1.54) is 48.6 Å². The van der Waals surface area contributed by atoms with Crippen LogP contribution in [0.25, 0.3) is 11.1 Å². The number of thiazole rings is 1. The number of carbonyl (C=O) groups excluding carboxylic acids is 1. The Bertz CT molecular complexity index is 1910. The van der Waals surface area contributed by atoms with Gasteiger partial charge in [0.25, 0.3) is 10.0 Å². The molecule has 0 N–H and O–H groups in total.